The smallest absolute Gasteiger partial charge is 0.273 e. The van der Waals surface area contributed by atoms with Crippen LogP contribution in [-0.4, -0.2) is 39.9 Å². The Labute approximate surface area is 175 Å². The van der Waals surface area contributed by atoms with Gasteiger partial charge < -0.3 is 10.6 Å². The number of nitrogens with one attached hydrogen (secondary N) is 2. The molecule has 0 radical (unpaired) electrons. The molecule has 29 heavy (non-hydrogen) atoms. The highest BCUT2D eigenvalue weighted by Gasteiger charge is 2.17. The number of nitrogens with zero attached hydrogens (tertiary/aromatic N) is 3. The van der Waals surface area contributed by atoms with Crippen molar-refractivity contribution in [1.29, 1.82) is 0 Å². The molecule has 7 nitrogen and oxygen atoms in total. The maximum absolute atomic E-state index is 13.6. The molecule has 0 spiro atoms. The molecule has 0 aliphatic rings. The lowest BCUT2D eigenvalue weighted by Crippen LogP contribution is -2.35. The summed E-state index contributed by atoms with van der Waals surface area (Å²) in [4.78, 5) is 24.4. The van der Waals surface area contributed by atoms with Gasteiger partial charge in [0.15, 0.2) is 5.69 Å². The van der Waals surface area contributed by atoms with Gasteiger partial charge in [0.2, 0.25) is 0 Å². The molecule has 0 unspecified atom stereocenters. The molecular formula is C20H19BrFN5O2. The van der Waals surface area contributed by atoms with E-state index < -0.39 is 11.7 Å². The molecule has 0 saturated heterocycles. The third kappa shape index (κ3) is 4.86. The van der Waals surface area contributed by atoms with Crippen LogP contribution in [0.4, 0.5) is 4.39 Å². The summed E-state index contributed by atoms with van der Waals surface area (Å²) in [5.74, 6) is -1.23. The Morgan fingerprint density at radius 3 is 2.48 bits per heavy atom. The normalized spacial score (nSPS) is 10.6. The third-order valence-corrected chi connectivity index (χ3v) is 4.79. The van der Waals surface area contributed by atoms with E-state index >= 15 is 0 Å². The predicted molar refractivity (Wildman–Crippen MR) is 110 cm³/mol. The van der Waals surface area contributed by atoms with E-state index in [1.54, 1.807) is 30.7 Å². The molecule has 2 N–H and O–H groups in total. The van der Waals surface area contributed by atoms with Crippen molar-refractivity contribution in [2.24, 2.45) is 0 Å². The summed E-state index contributed by atoms with van der Waals surface area (Å²) in [7, 11) is 0. The monoisotopic (exact) mass is 459 g/mol. The number of carbonyl (C=O) groups excluding carboxylic acids is 2. The van der Waals surface area contributed by atoms with Crippen molar-refractivity contribution in [3.05, 3.63) is 75.3 Å². The van der Waals surface area contributed by atoms with Gasteiger partial charge in [-0.25, -0.2) is 9.07 Å². The van der Waals surface area contributed by atoms with Gasteiger partial charge in [-0.15, -0.1) is 5.10 Å². The van der Waals surface area contributed by atoms with Crippen LogP contribution in [0.1, 0.15) is 32.1 Å². The van der Waals surface area contributed by atoms with E-state index in [4.69, 9.17) is 0 Å². The van der Waals surface area contributed by atoms with Crippen molar-refractivity contribution >= 4 is 27.7 Å². The maximum Gasteiger partial charge on any atom is 0.273 e. The molecule has 3 rings (SSSR count). The summed E-state index contributed by atoms with van der Waals surface area (Å²) in [5.41, 5.74) is 2.28. The Kier molecular flexibility index (Phi) is 6.38. The summed E-state index contributed by atoms with van der Waals surface area (Å²) in [6.07, 6.45) is 0. The number of carbonyl (C=O) groups is 2. The molecule has 0 atom stereocenters. The van der Waals surface area contributed by atoms with Crippen LogP contribution in [-0.2, 0) is 0 Å². The standard InChI is InChI=1S/C20H19BrFN5O2/c1-12-6-7-14(10-17(12)22)19(28)23-8-9-24-20(29)18-13(2)27(26-25-18)16-5-3-4-15(21)11-16/h3-7,10-11H,8-9H2,1-2H3,(H,23,28)(H,24,29). The van der Waals surface area contributed by atoms with Crippen LogP contribution in [0, 0.1) is 19.7 Å². The minimum atomic E-state index is -0.435. The highest BCUT2D eigenvalue weighted by Crippen LogP contribution is 2.17. The zero-order valence-electron chi connectivity index (χ0n) is 15.9. The van der Waals surface area contributed by atoms with Crippen LogP contribution in [0.3, 0.4) is 0 Å². The molecule has 1 aromatic heterocycles. The summed E-state index contributed by atoms with van der Waals surface area (Å²) < 4.78 is 16.0. The van der Waals surface area contributed by atoms with Crippen molar-refractivity contribution in [3.63, 3.8) is 0 Å². The molecule has 0 saturated carbocycles. The predicted octanol–water partition coefficient (Wildman–Crippen LogP) is 2.95. The molecule has 9 heteroatoms. The van der Waals surface area contributed by atoms with Crippen LogP contribution < -0.4 is 10.6 Å². The fourth-order valence-electron chi connectivity index (χ4n) is 2.66. The van der Waals surface area contributed by atoms with Crippen LogP contribution in [0.5, 0.6) is 0 Å². The number of aromatic nitrogens is 3. The second-order valence-corrected chi connectivity index (χ2v) is 7.31. The Morgan fingerprint density at radius 1 is 1.07 bits per heavy atom. The SMILES string of the molecule is Cc1ccc(C(=O)NCCNC(=O)c2nnn(-c3cccc(Br)c3)c2C)cc1F. The van der Waals surface area contributed by atoms with Crippen LogP contribution in [0.15, 0.2) is 46.9 Å². The van der Waals surface area contributed by atoms with Crippen LogP contribution in [0.25, 0.3) is 5.69 Å². The summed E-state index contributed by atoms with van der Waals surface area (Å²) in [6.45, 7) is 3.77. The van der Waals surface area contributed by atoms with E-state index in [0.29, 0.717) is 11.3 Å². The molecule has 0 fully saturated rings. The second kappa shape index (κ2) is 8.95. The maximum atomic E-state index is 13.6. The third-order valence-electron chi connectivity index (χ3n) is 4.29. The molecule has 150 valence electrons. The van der Waals surface area contributed by atoms with E-state index in [2.05, 4.69) is 36.9 Å². The minimum Gasteiger partial charge on any atom is -0.350 e. The summed E-state index contributed by atoms with van der Waals surface area (Å²) in [5, 5.41) is 13.3. The molecule has 2 amide bonds. The van der Waals surface area contributed by atoms with E-state index in [-0.39, 0.29) is 30.3 Å². The van der Waals surface area contributed by atoms with Crippen molar-refractivity contribution < 1.29 is 14.0 Å². The van der Waals surface area contributed by atoms with Crippen molar-refractivity contribution in [1.82, 2.24) is 25.6 Å². The average molecular weight is 460 g/mol. The van der Waals surface area contributed by atoms with Crippen molar-refractivity contribution in [3.8, 4) is 5.69 Å². The van der Waals surface area contributed by atoms with Gasteiger partial charge in [0, 0.05) is 23.1 Å². The summed E-state index contributed by atoms with van der Waals surface area (Å²) >= 11 is 3.40. The van der Waals surface area contributed by atoms with Gasteiger partial charge in [-0.3, -0.25) is 9.59 Å². The molecule has 0 bridgehead atoms. The van der Waals surface area contributed by atoms with E-state index in [0.717, 1.165) is 10.2 Å². The lowest BCUT2D eigenvalue weighted by molar-refractivity contribution is 0.0924. The van der Waals surface area contributed by atoms with Crippen molar-refractivity contribution in [2.75, 3.05) is 13.1 Å². The molecular weight excluding hydrogens is 441 g/mol. The van der Waals surface area contributed by atoms with E-state index in [9.17, 15) is 14.0 Å². The van der Waals surface area contributed by atoms with Crippen LogP contribution in [0.2, 0.25) is 0 Å². The van der Waals surface area contributed by atoms with Crippen LogP contribution >= 0.6 is 15.9 Å². The highest BCUT2D eigenvalue weighted by molar-refractivity contribution is 9.10. The lowest BCUT2D eigenvalue weighted by Gasteiger charge is -2.08. The largest absolute Gasteiger partial charge is 0.350 e. The Bertz CT molecular complexity index is 1070. The Morgan fingerprint density at radius 2 is 1.79 bits per heavy atom. The topological polar surface area (TPSA) is 88.9 Å². The fraction of sp³-hybridized carbons (Fsp3) is 0.200. The lowest BCUT2D eigenvalue weighted by atomic mass is 10.1. The number of hydrogen-bond donors (Lipinski definition) is 2. The average Bonchev–Trinajstić information content (AvgIpc) is 3.08. The Balaban J connectivity index is 1.55. The summed E-state index contributed by atoms with van der Waals surface area (Å²) in [6, 6.07) is 11.8. The van der Waals surface area contributed by atoms with Gasteiger partial charge >= 0.3 is 0 Å². The zero-order chi connectivity index (χ0) is 21.0. The minimum absolute atomic E-state index is 0.193. The van der Waals surface area contributed by atoms with Gasteiger partial charge in [0.05, 0.1) is 11.4 Å². The Hall–Kier alpha value is -3.07. The van der Waals surface area contributed by atoms with Gasteiger partial charge in [-0.1, -0.05) is 33.3 Å². The molecule has 3 aromatic rings. The van der Waals surface area contributed by atoms with Gasteiger partial charge in [0.1, 0.15) is 5.82 Å². The fourth-order valence-corrected chi connectivity index (χ4v) is 3.05. The first-order valence-corrected chi connectivity index (χ1v) is 9.67. The molecule has 1 heterocycles. The first-order chi connectivity index (χ1) is 13.9. The number of hydrogen-bond acceptors (Lipinski definition) is 4. The van der Waals surface area contributed by atoms with Gasteiger partial charge in [0.25, 0.3) is 11.8 Å². The van der Waals surface area contributed by atoms with E-state index in [1.165, 1.54) is 6.07 Å². The quantitative estimate of drug-likeness (QED) is 0.554. The van der Waals surface area contributed by atoms with Gasteiger partial charge in [-0.2, -0.15) is 0 Å². The first kappa shape index (κ1) is 20.7. The number of amides is 2. The second-order valence-electron chi connectivity index (χ2n) is 6.39. The number of rotatable bonds is 6. The highest BCUT2D eigenvalue weighted by atomic mass is 79.9. The number of aryl methyl sites for hydroxylation is 1. The molecule has 0 aliphatic heterocycles. The van der Waals surface area contributed by atoms with E-state index in [1.807, 2.05) is 24.3 Å². The van der Waals surface area contributed by atoms with Gasteiger partial charge in [-0.05, 0) is 49.7 Å². The molecule has 0 aliphatic carbocycles. The van der Waals surface area contributed by atoms with Crippen molar-refractivity contribution in [2.45, 2.75) is 13.8 Å². The number of halogens is 2. The number of benzene rings is 2. The zero-order valence-corrected chi connectivity index (χ0v) is 17.5. The first-order valence-electron chi connectivity index (χ1n) is 8.87. The molecule has 2 aromatic carbocycles.